The van der Waals surface area contributed by atoms with Crippen LogP contribution in [0.4, 0.5) is 13.2 Å². The van der Waals surface area contributed by atoms with Gasteiger partial charge in [-0.2, -0.15) is 13.2 Å². The van der Waals surface area contributed by atoms with Crippen molar-refractivity contribution in [1.82, 2.24) is 4.90 Å². The summed E-state index contributed by atoms with van der Waals surface area (Å²) in [6, 6.07) is 5.82. The van der Waals surface area contributed by atoms with E-state index in [1.165, 1.54) is 0 Å². The first-order valence-corrected chi connectivity index (χ1v) is 7.18. The van der Waals surface area contributed by atoms with Crippen LogP contribution in [-0.2, 0) is 16.1 Å². The van der Waals surface area contributed by atoms with Gasteiger partial charge in [-0.1, -0.05) is 6.07 Å². The zero-order valence-electron chi connectivity index (χ0n) is 13.4. The Bertz CT molecular complexity index is 605. The smallest absolute Gasteiger partial charge is 0.486 e. The number of hydrogen-bond acceptors (Lipinski definition) is 5. The summed E-state index contributed by atoms with van der Waals surface area (Å²) in [7, 11) is 1.90. The van der Waals surface area contributed by atoms with E-state index in [-0.39, 0.29) is 6.42 Å². The number of carbonyl (C=O) groups is 2. The molecule has 2 rings (SSSR count). The minimum Gasteiger partial charge on any atom is -0.486 e. The maximum Gasteiger partial charge on any atom is 0.490 e. The number of carboxylic acids is 2. The molecule has 0 fully saturated rings. The zero-order valence-corrected chi connectivity index (χ0v) is 13.4. The number of aliphatic carboxylic acids is 2. The van der Waals surface area contributed by atoms with E-state index in [1.54, 1.807) is 0 Å². The molecule has 10 heteroatoms. The first kappa shape index (κ1) is 20.6. The van der Waals surface area contributed by atoms with Gasteiger partial charge in [0.15, 0.2) is 11.5 Å². The molecule has 0 aromatic heterocycles. The van der Waals surface area contributed by atoms with E-state index in [1.807, 2.05) is 30.1 Å². The number of halogens is 3. The number of alkyl halides is 3. The first-order valence-electron chi connectivity index (χ1n) is 7.18. The summed E-state index contributed by atoms with van der Waals surface area (Å²) >= 11 is 0. The third-order valence-corrected chi connectivity index (χ3v) is 3.01. The molecule has 140 valence electrons. The van der Waals surface area contributed by atoms with E-state index in [9.17, 15) is 18.0 Å². The van der Waals surface area contributed by atoms with Crippen LogP contribution in [0.5, 0.6) is 11.5 Å². The van der Waals surface area contributed by atoms with Gasteiger partial charge in [0, 0.05) is 13.1 Å². The minimum atomic E-state index is -5.08. The monoisotopic (exact) mass is 365 g/mol. The average molecular weight is 365 g/mol. The van der Waals surface area contributed by atoms with Crippen LogP contribution < -0.4 is 9.47 Å². The molecule has 25 heavy (non-hydrogen) atoms. The second-order valence-corrected chi connectivity index (χ2v) is 5.16. The van der Waals surface area contributed by atoms with Crippen LogP contribution in [0.3, 0.4) is 0 Å². The molecule has 0 radical (unpaired) electrons. The molecule has 1 heterocycles. The van der Waals surface area contributed by atoms with Crippen molar-refractivity contribution in [1.29, 1.82) is 0 Å². The van der Waals surface area contributed by atoms with Crippen LogP contribution in [-0.4, -0.2) is 60.0 Å². The van der Waals surface area contributed by atoms with Gasteiger partial charge in [-0.25, -0.2) is 4.79 Å². The summed E-state index contributed by atoms with van der Waals surface area (Å²) < 4.78 is 42.7. The fourth-order valence-corrected chi connectivity index (χ4v) is 1.86. The van der Waals surface area contributed by atoms with Crippen LogP contribution in [0.1, 0.15) is 12.0 Å². The number of fused-ring (bicyclic) bond motifs is 1. The summed E-state index contributed by atoms with van der Waals surface area (Å²) in [4.78, 5) is 21.4. The van der Waals surface area contributed by atoms with Gasteiger partial charge in [-0.05, 0) is 24.7 Å². The highest BCUT2D eigenvalue weighted by atomic mass is 19.4. The number of rotatable bonds is 5. The van der Waals surface area contributed by atoms with E-state index in [0.29, 0.717) is 26.3 Å². The predicted octanol–water partition coefficient (Wildman–Crippen LogP) is 2.00. The molecule has 0 amide bonds. The number of hydrogen-bond donors (Lipinski definition) is 2. The van der Waals surface area contributed by atoms with Crippen molar-refractivity contribution in [2.75, 3.05) is 26.8 Å². The molecule has 0 saturated carbocycles. The van der Waals surface area contributed by atoms with Gasteiger partial charge < -0.3 is 24.6 Å². The largest absolute Gasteiger partial charge is 0.490 e. The van der Waals surface area contributed by atoms with Crippen molar-refractivity contribution in [2.45, 2.75) is 19.1 Å². The topological polar surface area (TPSA) is 96.3 Å². The Hall–Kier alpha value is -2.49. The lowest BCUT2D eigenvalue weighted by Crippen LogP contribution is -2.21. The van der Waals surface area contributed by atoms with Gasteiger partial charge in [-0.15, -0.1) is 0 Å². The third-order valence-electron chi connectivity index (χ3n) is 3.01. The van der Waals surface area contributed by atoms with Crippen LogP contribution in [0.25, 0.3) is 0 Å². The second-order valence-electron chi connectivity index (χ2n) is 5.16. The molecule has 7 nitrogen and oxygen atoms in total. The lowest BCUT2D eigenvalue weighted by molar-refractivity contribution is -0.192. The van der Waals surface area contributed by atoms with E-state index in [2.05, 4.69) is 0 Å². The van der Waals surface area contributed by atoms with E-state index >= 15 is 0 Å². The zero-order chi connectivity index (χ0) is 19.0. The Morgan fingerprint density at radius 3 is 2.24 bits per heavy atom. The predicted molar refractivity (Wildman–Crippen MR) is 79.7 cm³/mol. The molecule has 0 saturated heterocycles. The van der Waals surface area contributed by atoms with Crippen molar-refractivity contribution < 1.29 is 42.4 Å². The van der Waals surface area contributed by atoms with Crippen molar-refractivity contribution in [3.05, 3.63) is 23.8 Å². The first-order chi connectivity index (χ1) is 11.6. The van der Waals surface area contributed by atoms with E-state index in [4.69, 9.17) is 24.5 Å². The Morgan fingerprint density at radius 2 is 1.72 bits per heavy atom. The molecular weight excluding hydrogens is 347 g/mol. The van der Waals surface area contributed by atoms with Crippen molar-refractivity contribution in [2.24, 2.45) is 0 Å². The SMILES string of the molecule is CN(CCC(=O)O)Cc1ccc2c(c1)OCCO2.O=C(O)C(F)(F)F. The summed E-state index contributed by atoms with van der Waals surface area (Å²) in [5.41, 5.74) is 1.09. The Labute approximate surface area is 141 Å². The third kappa shape index (κ3) is 7.75. The van der Waals surface area contributed by atoms with Crippen LogP contribution in [0.15, 0.2) is 18.2 Å². The normalized spacial score (nSPS) is 13.0. The van der Waals surface area contributed by atoms with Gasteiger partial charge in [0.2, 0.25) is 0 Å². The summed E-state index contributed by atoms with van der Waals surface area (Å²) in [6.45, 7) is 2.39. The van der Waals surface area contributed by atoms with E-state index < -0.39 is 18.1 Å². The maximum atomic E-state index is 10.6. The number of carboxylic acid groups (broad SMARTS) is 2. The highest BCUT2D eigenvalue weighted by molar-refractivity contribution is 5.73. The van der Waals surface area contributed by atoms with Crippen molar-refractivity contribution in [3.8, 4) is 11.5 Å². The fraction of sp³-hybridized carbons (Fsp3) is 0.467. The number of ether oxygens (including phenoxy) is 2. The van der Waals surface area contributed by atoms with Crippen LogP contribution in [0, 0.1) is 0 Å². The molecule has 2 N–H and O–H groups in total. The lowest BCUT2D eigenvalue weighted by Gasteiger charge is -2.20. The quantitative estimate of drug-likeness (QED) is 0.824. The van der Waals surface area contributed by atoms with Crippen molar-refractivity contribution >= 4 is 11.9 Å². The molecule has 1 aliphatic rings. The molecular formula is C15H18F3NO6. The van der Waals surface area contributed by atoms with Crippen molar-refractivity contribution in [3.63, 3.8) is 0 Å². The summed E-state index contributed by atoms with van der Waals surface area (Å²) in [5.74, 6) is -1.99. The van der Waals surface area contributed by atoms with Crippen LogP contribution >= 0.6 is 0 Å². The van der Waals surface area contributed by atoms with Crippen LogP contribution in [0.2, 0.25) is 0 Å². The molecule has 1 aromatic rings. The van der Waals surface area contributed by atoms with Gasteiger partial charge in [0.05, 0.1) is 6.42 Å². The number of benzene rings is 1. The molecule has 1 aromatic carbocycles. The fourth-order valence-electron chi connectivity index (χ4n) is 1.86. The number of nitrogens with zero attached hydrogens (tertiary/aromatic N) is 1. The van der Waals surface area contributed by atoms with E-state index in [0.717, 1.165) is 17.1 Å². The Balaban J connectivity index is 0.000000381. The summed E-state index contributed by atoms with van der Waals surface area (Å²) in [5, 5.41) is 15.7. The van der Waals surface area contributed by atoms with Gasteiger partial charge in [0.1, 0.15) is 13.2 Å². The highest BCUT2D eigenvalue weighted by Crippen LogP contribution is 2.30. The molecule has 0 spiro atoms. The lowest BCUT2D eigenvalue weighted by atomic mass is 10.2. The van der Waals surface area contributed by atoms with Gasteiger partial charge in [-0.3, -0.25) is 4.79 Å². The molecule has 0 aliphatic carbocycles. The molecule has 1 aliphatic heterocycles. The van der Waals surface area contributed by atoms with Gasteiger partial charge >= 0.3 is 18.1 Å². The minimum absolute atomic E-state index is 0.154. The second kappa shape index (κ2) is 9.11. The standard InChI is InChI=1S/C13H17NO4.C2HF3O2/c1-14(5-4-13(15)16)9-10-2-3-11-12(8-10)18-7-6-17-11;3-2(4,5)1(6)7/h2-3,8H,4-7,9H2,1H3,(H,15,16);(H,6,7). The Morgan fingerprint density at radius 1 is 1.16 bits per heavy atom. The Kier molecular flexibility index (Phi) is 7.49. The average Bonchev–Trinajstić information content (AvgIpc) is 2.52. The molecule has 0 bridgehead atoms. The molecule has 0 unspecified atom stereocenters. The maximum absolute atomic E-state index is 10.6. The van der Waals surface area contributed by atoms with Gasteiger partial charge in [0.25, 0.3) is 0 Å². The summed E-state index contributed by atoms with van der Waals surface area (Å²) in [6.07, 6.45) is -4.93. The molecule has 0 atom stereocenters. The highest BCUT2D eigenvalue weighted by Gasteiger charge is 2.38.